The molecule has 5 nitrogen and oxygen atoms in total. The molecule has 0 fully saturated rings. The lowest BCUT2D eigenvalue weighted by Gasteiger charge is -2.23. The zero-order valence-electron chi connectivity index (χ0n) is 13.3. The van der Waals surface area contributed by atoms with Crippen molar-refractivity contribution in [1.82, 2.24) is 5.32 Å². The monoisotopic (exact) mass is 292 g/mol. The molecule has 1 aromatic carbocycles. The number of aliphatic carboxylic acids is 1. The summed E-state index contributed by atoms with van der Waals surface area (Å²) in [5, 5.41) is 11.3. The standard InChI is InChI=1S/C10H16N.C6H10N2O2/c1-11(2,3)9-10-7-5-4-6-8-10;1-4-7-3-2-5(8-4)6(9)10/h4-8H,9H2,1-3H3;5H,2-3H2,1H3,(H,7,8)(H,9,10)/q+1;. The Bertz CT molecular complexity index is 478. The summed E-state index contributed by atoms with van der Waals surface area (Å²) in [5.41, 5.74) is 1.40. The molecule has 21 heavy (non-hydrogen) atoms. The molecule has 0 saturated carbocycles. The lowest BCUT2D eigenvalue weighted by atomic mass is 10.2. The van der Waals surface area contributed by atoms with Crippen LogP contribution in [0.4, 0.5) is 0 Å². The van der Waals surface area contributed by atoms with Crippen LogP contribution in [0.5, 0.6) is 0 Å². The number of amidine groups is 1. The van der Waals surface area contributed by atoms with Gasteiger partial charge < -0.3 is 14.9 Å². The number of carbonyl (C=O) groups is 1. The van der Waals surface area contributed by atoms with Crippen molar-refractivity contribution < 1.29 is 14.4 Å². The van der Waals surface area contributed by atoms with E-state index in [9.17, 15) is 4.79 Å². The summed E-state index contributed by atoms with van der Waals surface area (Å²) in [4.78, 5) is 14.4. The van der Waals surface area contributed by atoms with Crippen molar-refractivity contribution in [2.75, 3.05) is 27.7 Å². The van der Waals surface area contributed by atoms with E-state index in [4.69, 9.17) is 5.11 Å². The van der Waals surface area contributed by atoms with Gasteiger partial charge in [-0.2, -0.15) is 0 Å². The predicted octanol–water partition coefficient (Wildman–Crippen LogP) is 1.74. The summed E-state index contributed by atoms with van der Waals surface area (Å²) < 4.78 is 0.990. The Labute approximate surface area is 126 Å². The van der Waals surface area contributed by atoms with Crippen LogP contribution in [0.1, 0.15) is 18.9 Å². The quantitative estimate of drug-likeness (QED) is 0.834. The Morgan fingerprint density at radius 1 is 1.33 bits per heavy atom. The van der Waals surface area contributed by atoms with Crippen LogP contribution in [0.3, 0.4) is 0 Å². The molecule has 2 rings (SSSR count). The van der Waals surface area contributed by atoms with Gasteiger partial charge in [0, 0.05) is 12.1 Å². The van der Waals surface area contributed by atoms with Gasteiger partial charge in [-0.25, -0.2) is 4.79 Å². The van der Waals surface area contributed by atoms with E-state index >= 15 is 0 Å². The maximum atomic E-state index is 10.4. The van der Waals surface area contributed by atoms with Crippen LogP contribution in [0.2, 0.25) is 0 Å². The van der Waals surface area contributed by atoms with Gasteiger partial charge in [0.1, 0.15) is 12.6 Å². The van der Waals surface area contributed by atoms with Gasteiger partial charge in [0.2, 0.25) is 0 Å². The van der Waals surface area contributed by atoms with Gasteiger partial charge in [0.25, 0.3) is 0 Å². The highest BCUT2D eigenvalue weighted by Gasteiger charge is 2.19. The van der Waals surface area contributed by atoms with Gasteiger partial charge in [-0.15, -0.1) is 0 Å². The van der Waals surface area contributed by atoms with Gasteiger partial charge >= 0.3 is 5.97 Å². The highest BCUT2D eigenvalue weighted by molar-refractivity contribution is 5.86. The minimum Gasteiger partial charge on any atom is -0.480 e. The van der Waals surface area contributed by atoms with E-state index in [-0.39, 0.29) is 0 Å². The average Bonchev–Trinajstić information content (AvgIpc) is 2.38. The molecule has 0 spiro atoms. The van der Waals surface area contributed by atoms with Gasteiger partial charge in [0.05, 0.1) is 27.0 Å². The minimum absolute atomic E-state index is 0.433. The first kappa shape index (κ1) is 17.2. The van der Waals surface area contributed by atoms with Crippen LogP contribution in [0.25, 0.3) is 0 Å². The normalized spacial score (nSPS) is 17.9. The van der Waals surface area contributed by atoms with E-state index in [1.165, 1.54) is 5.56 Å². The molecule has 2 N–H and O–H groups in total. The first-order valence-electron chi connectivity index (χ1n) is 7.13. The number of carboxylic acid groups (broad SMARTS) is 1. The molecule has 0 aromatic heterocycles. The Kier molecular flexibility index (Phi) is 6.37. The Morgan fingerprint density at radius 3 is 2.38 bits per heavy atom. The Balaban J connectivity index is 0.000000211. The Hall–Kier alpha value is -1.88. The molecule has 0 bridgehead atoms. The van der Waals surface area contributed by atoms with E-state index in [1.54, 1.807) is 6.92 Å². The molecule has 1 unspecified atom stereocenters. The lowest BCUT2D eigenvalue weighted by Crippen LogP contribution is -2.42. The molecule has 0 amide bonds. The second-order valence-corrected chi connectivity index (χ2v) is 6.23. The second-order valence-electron chi connectivity index (χ2n) is 6.23. The molecule has 0 radical (unpaired) electrons. The molecule has 1 aliphatic rings. The largest absolute Gasteiger partial charge is 0.480 e. The van der Waals surface area contributed by atoms with E-state index in [0.29, 0.717) is 13.0 Å². The van der Waals surface area contributed by atoms with Gasteiger partial charge in [0.15, 0.2) is 0 Å². The number of benzene rings is 1. The van der Waals surface area contributed by atoms with Crippen molar-refractivity contribution >= 4 is 11.8 Å². The molecular formula is C16H26N3O2+. The second kappa shape index (κ2) is 7.78. The van der Waals surface area contributed by atoms with Crippen LogP contribution in [0, 0.1) is 0 Å². The third-order valence-corrected chi connectivity index (χ3v) is 2.95. The summed E-state index contributed by atoms with van der Waals surface area (Å²) in [7, 11) is 6.60. The fourth-order valence-electron chi connectivity index (χ4n) is 2.05. The van der Waals surface area contributed by atoms with Crippen molar-refractivity contribution in [3.05, 3.63) is 35.9 Å². The molecule has 0 aliphatic carbocycles. The number of aliphatic imine (C=N–C) groups is 1. The van der Waals surface area contributed by atoms with Crippen molar-refractivity contribution in [3.63, 3.8) is 0 Å². The van der Waals surface area contributed by atoms with Crippen LogP contribution in [-0.4, -0.2) is 55.1 Å². The SMILES string of the molecule is CC1=NCCC(C(=O)O)N1.C[N+](C)(C)Cc1ccccc1. The van der Waals surface area contributed by atoms with Crippen LogP contribution in [-0.2, 0) is 11.3 Å². The lowest BCUT2D eigenvalue weighted by molar-refractivity contribution is -0.884. The summed E-state index contributed by atoms with van der Waals surface area (Å²) >= 11 is 0. The van der Waals surface area contributed by atoms with E-state index in [0.717, 1.165) is 16.9 Å². The van der Waals surface area contributed by atoms with Crippen LogP contribution >= 0.6 is 0 Å². The molecule has 1 aromatic rings. The van der Waals surface area contributed by atoms with E-state index in [1.807, 2.05) is 0 Å². The first-order chi connectivity index (χ1) is 9.78. The first-order valence-corrected chi connectivity index (χ1v) is 7.13. The molecule has 1 aliphatic heterocycles. The predicted molar refractivity (Wildman–Crippen MR) is 85.3 cm³/mol. The van der Waals surface area contributed by atoms with Crippen molar-refractivity contribution in [3.8, 4) is 0 Å². The van der Waals surface area contributed by atoms with Crippen LogP contribution in [0.15, 0.2) is 35.3 Å². The number of nitrogens with zero attached hydrogens (tertiary/aromatic N) is 2. The number of quaternary nitrogens is 1. The van der Waals surface area contributed by atoms with Gasteiger partial charge in [-0.05, 0) is 13.3 Å². The minimum atomic E-state index is -0.797. The van der Waals surface area contributed by atoms with Crippen molar-refractivity contribution in [2.45, 2.75) is 25.9 Å². The van der Waals surface area contributed by atoms with E-state index < -0.39 is 12.0 Å². The molecule has 1 atom stereocenters. The molecule has 5 heteroatoms. The number of rotatable bonds is 3. The average molecular weight is 292 g/mol. The zero-order chi connectivity index (χ0) is 15.9. The summed E-state index contributed by atoms with van der Waals surface area (Å²) in [6.07, 6.45) is 0.590. The highest BCUT2D eigenvalue weighted by atomic mass is 16.4. The number of hydrogen-bond acceptors (Lipinski definition) is 3. The topological polar surface area (TPSA) is 61.7 Å². The van der Waals surface area contributed by atoms with E-state index in [2.05, 4.69) is 61.8 Å². The summed E-state index contributed by atoms with van der Waals surface area (Å²) in [6, 6.07) is 10.1. The Morgan fingerprint density at radius 2 is 1.95 bits per heavy atom. The maximum Gasteiger partial charge on any atom is 0.326 e. The van der Waals surface area contributed by atoms with Crippen molar-refractivity contribution in [1.29, 1.82) is 0 Å². The van der Waals surface area contributed by atoms with Gasteiger partial charge in [-0.3, -0.25) is 4.99 Å². The highest BCUT2D eigenvalue weighted by Crippen LogP contribution is 2.05. The molecule has 1 heterocycles. The fourth-order valence-corrected chi connectivity index (χ4v) is 2.05. The molecule has 0 saturated heterocycles. The van der Waals surface area contributed by atoms with Crippen LogP contribution < -0.4 is 5.32 Å². The van der Waals surface area contributed by atoms with Crippen molar-refractivity contribution in [2.24, 2.45) is 4.99 Å². The zero-order valence-corrected chi connectivity index (χ0v) is 13.3. The molecular weight excluding hydrogens is 266 g/mol. The fraction of sp³-hybridized carbons (Fsp3) is 0.500. The van der Waals surface area contributed by atoms with Gasteiger partial charge in [-0.1, -0.05) is 30.3 Å². The smallest absolute Gasteiger partial charge is 0.326 e. The summed E-state index contributed by atoms with van der Waals surface area (Å²) in [6.45, 7) is 3.49. The number of hydrogen-bond donors (Lipinski definition) is 2. The third kappa shape index (κ3) is 7.46. The molecule has 116 valence electrons. The maximum absolute atomic E-state index is 10.4. The third-order valence-electron chi connectivity index (χ3n) is 2.95. The summed E-state index contributed by atoms with van der Waals surface area (Å²) in [5.74, 6) is -0.0760. The number of nitrogens with one attached hydrogen (secondary N) is 1. The number of carboxylic acids is 1.